The zero-order valence-electron chi connectivity index (χ0n) is 15.3. The Hall–Kier alpha value is -3.02. The fraction of sp³-hybridized carbons (Fsp3) is 0.300. The summed E-state index contributed by atoms with van der Waals surface area (Å²) < 4.78 is 10.7. The molecular weight excluding hydrogens is 332 g/mol. The van der Waals surface area contributed by atoms with Crippen molar-refractivity contribution in [2.75, 3.05) is 33.1 Å². The average molecular weight is 356 g/mol. The van der Waals surface area contributed by atoms with E-state index < -0.39 is 0 Å². The SMILES string of the molecule is COc1ccc(OCCCC(=O)Nc2ccc(C(=O)N(C)C)cc2)cc1. The van der Waals surface area contributed by atoms with Crippen LogP contribution in [-0.4, -0.2) is 44.5 Å². The van der Waals surface area contributed by atoms with Crippen LogP contribution >= 0.6 is 0 Å². The second-order valence-electron chi connectivity index (χ2n) is 5.95. The van der Waals surface area contributed by atoms with E-state index >= 15 is 0 Å². The second-order valence-corrected chi connectivity index (χ2v) is 5.95. The van der Waals surface area contributed by atoms with Crippen LogP contribution in [0.15, 0.2) is 48.5 Å². The third-order valence-corrected chi connectivity index (χ3v) is 3.70. The van der Waals surface area contributed by atoms with E-state index in [0.717, 1.165) is 11.5 Å². The third-order valence-electron chi connectivity index (χ3n) is 3.70. The number of amides is 2. The first-order valence-corrected chi connectivity index (χ1v) is 8.38. The van der Waals surface area contributed by atoms with Crippen molar-refractivity contribution in [1.82, 2.24) is 4.90 Å². The van der Waals surface area contributed by atoms with Crippen molar-refractivity contribution in [2.24, 2.45) is 0 Å². The molecule has 6 heteroatoms. The lowest BCUT2D eigenvalue weighted by atomic mass is 10.2. The van der Waals surface area contributed by atoms with E-state index in [1.807, 2.05) is 24.3 Å². The van der Waals surface area contributed by atoms with Crippen LogP contribution in [0.4, 0.5) is 5.69 Å². The Morgan fingerprint density at radius 2 is 1.58 bits per heavy atom. The number of carbonyl (C=O) groups is 2. The summed E-state index contributed by atoms with van der Waals surface area (Å²) in [5.41, 5.74) is 1.25. The summed E-state index contributed by atoms with van der Waals surface area (Å²) >= 11 is 0. The monoisotopic (exact) mass is 356 g/mol. The van der Waals surface area contributed by atoms with E-state index in [4.69, 9.17) is 9.47 Å². The molecule has 2 aromatic rings. The molecule has 0 unspecified atom stereocenters. The van der Waals surface area contributed by atoms with E-state index in [1.165, 1.54) is 4.90 Å². The summed E-state index contributed by atoms with van der Waals surface area (Å²) in [4.78, 5) is 25.3. The first kappa shape index (κ1) is 19.3. The van der Waals surface area contributed by atoms with Gasteiger partial charge in [0.1, 0.15) is 11.5 Å². The quantitative estimate of drug-likeness (QED) is 0.738. The van der Waals surface area contributed by atoms with Crippen LogP contribution in [0, 0.1) is 0 Å². The third kappa shape index (κ3) is 5.81. The maximum absolute atomic E-state index is 12.0. The van der Waals surface area contributed by atoms with E-state index in [-0.39, 0.29) is 11.8 Å². The molecule has 0 aromatic heterocycles. The largest absolute Gasteiger partial charge is 0.497 e. The molecule has 2 amide bonds. The minimum absolute atomic E-state index is 0.0708. The van der Waals surface area contributed by atoms with Crippen molar-refractivity contribution >= 4 is 17.5 Å². The minimum Gasteiger partial charge on any atom is -0.497 e. The zero-order valence-corrected chi connectivity index (χ0v) is 15.3. The second kappa shape index (κ2) is 9.46. The molecule has 138 valence electrons. The van der Waals surface area contributed by atoms with Gasteiger partial charge in [0.25, 0.3) is 5.91 Å². The molecule has 0 aliphatic carbocycles. The van der Waals surface area contributed by atoms with Crippen molar-refractivity contribution < 1.29 is 19.1 Å². The number of nitrogens with one attached hydrogen (secondary N) is 1. The van der Waals surface area contributed by atoms with Gasteiger partial charge in [-0.25, -0.2) is 0 Å². The Labute approximate surface area is 153 Å². The zero-order chi connectivity index (χ0) is 18.9. The van der Waals surface area contributed by atoms with Gasteiger partial charge in [-0.3, -0.25) is 9.59 Å². The number of anilines is 1. The summed E-state index contributed by atoms with van der Waals surface area (Å²) in [7, 11) is 5.01. The van der Waals surface area contributed by atoms with Crippen LogP contribution in [0.3, 0.4) is 0 Å². The topological polar surface area (TPSA) is 67.9 Å². The Bertz CT molecular complexity index is 724. The van der Waals surface area contributed by atoms with Crippen molar-refractivity contribution in [3.63, 3.8) is 0 Å². The molecule has 0 saturated heterocycles. The van der Waals surface area contributed by atoms with Crippen LogP contribution in [0.1, 0.15) is 23.2 Å². The fourth-order valence-electron chi connectivity index (χ4n) is 2.27. The van der Waals surface area contributed by atoms with Gasteiger partial charge < -0.3 is 19.7 Å². The number of nitrogens with zero attached hydrogens (tertiary/aromatic N) is 1. The molecule has 1 N–H and O–H groups in total. The minimum atomic E-state index is -0.0879. The number of carbonyl (C=O) groups excluding carboxylic acids is 2. The molecule has 0 fully saturated rings. The van der Waals surface area contributed by atoms with Crippen LogP contribution in [0.2, 0.25) is 0 Å². The maximum Gasteiger partial charge on any atom is 0.253 e. The summed E-state index contributed by atoms with van der Waals surface area (Å²) in [6.07, 6.45) is 0.962. The fourth-order valence-corrected chi connectivity index (χ4v) is 2.27. The molecule has 0 saturated carbocycles. The molecule has 0 radical (unpaired) electrons. The maximum atomic E-state index is 12.0. The Balaban J connectivity index is 1.72. The van der Waals surface area contributed by atoms with Crippen LogP contribution < -0.4 is 14.8 Å². The van der Waals surface area contributed by atoms with Gasteiger partial charge in [0.2, 0.25) is 5.91 Å². The van der Waals surface area contributed by atoms with Gasteiger partial charge in [-0.2, -0.15) is 0 Å². The summed E-state index contributed by atoms with van der Waals surface area (Å²) in [5, 5.41) is 2.82. The van der Waals surface area contributed by atoms with Gasteiger partial charge in [-0.1, -0.05) is 0 Å². The Morgan fingerprint density at radius 1 is 0.962 bits per heavy atom. The predicted octanol–water partition coefficient (Wildman–Crippen LogP) is 3.19. The highest BCUT2D eigenvalue weighted by atomic mass is 16.5. The first-order chi connectivity index (χ1) is 12.5. The number of methoxy groups -OCH3 is 1. The Morgan fingerprint density at radius 3 is 2.15 bits per heavy atom. The van der Waals surface area contributed by atoms with E-state index in [9.17, 15) is 9.59 Å². The normalized spacial score (nSPS) is 10.1. The molecule has 2 rings (SSSR count). The van der Waals surface area contributed by atoms with E-state index in [2.05, 4.69) is 5.32 Å². The number of benzene rings is 2. The lowest BCUT2D eigenvalue weighted by molar-refractivity contribution is -0.116. The summed E-state index contributed by atoms with van der Waals surface area (Å²) in [6.45, 7) is 0.454. The molecule has 6 nitrogen and oxygen atoms in total. The lowest BCUT2D eigenvalue weighted by Crippen LogP contribution is -2.21. The number of ether oxygens (including phenoxy) is 2. The first-order valence-electron chi connectivity index (χ1n) is 8.38. The molecule has 2 aromatic carbocycles. The van der Waals surface area contributed by atoms with Crippen LogP contribution in [0.25, 0.3) is 0 Å². The van der Waals surface area contributed by atoms with Crippen molar-refractivity contribution in [2.45, 2.75) is 12.8 Å². The van der Waals surface area contributed by atoms with Gasteiger partial charge in [-0.05, 0) is 55.0 Å². The molecule has 0 bridgehead atoms. The van der Waals surface area contributed by atoms with Gasteiger partial charge >= 0.3 is 0 Å². The highest BCUT2D eigenvalue weighted by molar-refractivity contribution is 5.95. The van der Waals surface area contributed by atoms with E-state index in [0.29, 0.717) is 30.7 Å². The molecule has 0 aliphatic heterocycles. The standard InChI is InChI=1S/C20H24N2O4/c1-22(2)20(24)15-6-8-16(9-7-15)21-19(23)5-4-14-26-18-12-10-17(25-3)11-13-18/h6-13H,4-5,14H2,1-3H3,(H,21,23). The van der Waals surface area contributed by atoms with Crippen molar-refractivity contribution in [3.8, 4) is 11.5 Å². The summed E-state index contributed by atoms with van der Waals surface area (Å²) in [6, 6.07) is 14.2. The summed E-state index contributed by atoms with van der Waals surface area (Å²) in [5.74, 6) is 1.36. The van der Waals surface area contributed by atoms with Gasteiger partial charge in [0.05, 0.1) is 13.7 Å². The Kier molecular flexibility index (Phi) is 7.02. The van der Waals surface area contributed by atoms with E-state index in [1.54, 1.807) is 45.5 Å². The number of hydrogen-bond donors (Lipinski definition) is 1. The highest BCUT2D eigenvalue weighted by Crippen LogP contribution is 2.17. The molecule has 0 aliphatic rings. The molecule has 0 heterocycles. The molecule has 0 atom stereocenters. The molecule has 26 heavy (non-hydrogen) atoms. The molecule has 0 spiro atoms. The van der Waals surface area contributed by atoms with Gasteiger partial charge in [0.15, 0.2) is 0 Å². The van der Waals surface area contributed by atoms with Crippen molar-refractivity contribution in [3.05, 3.63) is 54.1 Å². The average Bonchev–Trinajstić information content (AvgIpc) is 2.65. The predicted molar refractivity (Wildman–Crippen MR) is 101 cm³/mol. The number of hydrogen-bond acceptors (Lipinski definition) is 4. The van der Waals surface area contributed by atoms with Gasteiger partial charge in [0, 0.05) is 31.8 Å². The van der Waals surface area contributed by atoms with Crippen LogP contribution in [-0.2, 0) is 4.79 Å². The molecular formula is C20H24N2O4. The van der Waals surface area contributed by atoms with Gasteiger partial charge in [-0.15, -0.1) is 0 Å². The highest BCUT2D eigenvalue weighted by Gasteiger charge is 2.08. The lowest BCUT2D eigenvalue weighted by Gasteiger charge is -2.11. The van der Waals surface area contributed by atoms with Crippen molar-refractivity contribution in [1.29, 1.82) is 0 Å². The van der Waals surface area contributed by atoms with Crippen LogP contribution in [0.5, 0.6) is 11.5 Å². The smallest absolute Gasteiger partial charge is 0.253 e. The number of rotatable bonds is 8.